The third-order valence-electron chi connectivity index (χ3n) is 6.65. The van der Waals surface area contributed by atoms with Crippen molar-refractivity contribution in [2.24, 2.45) is 11.8 Å². The zero-order chi connectivity index (χ0) is 26.3. The van der Waals surface area contributed by atoms with Crippen LogP contribution >= 0.6 is 0 Å². The fourth-order valence-electron chi connectivity index (χ4n) is 4.35. The lowest BCUT2D eigenvalue weighted by molar-refractivity contribution is -0.141. The molecule has 0 spiro atoms. The van der Waals surface area contributed by atoms with Gasteiger partial charge in [-0.25, -0.2) is 18.7 Å². The largest absolute Gasteiger partial charge is 0.433 e. The number of benzene rings is 1. The third-order valence-corrected chi connectivity index (χ3v) is 6.65. The van der Waals surface area contributed by atoms with Crippen molar-refractivity contribution in [3.63, 3.8) is 0 Å². The highest BCUT2D eigenvalue weighted by Crippen LogP contribution is 2.39. The molecule has 11 heteroatoms. The normalized spacial score (nSPS) is 20.9. The molecule has 1 N–H and O–H groups in total. The highest BCUT2D eigenvalue weighted by molar-refractivity contribution is 5.94. The summed E-state index contributed by atoms with van der Waals surface area (Å²) in [6.45, 7) is 9.01. The van der Waals surface area contributed by atoms with Crippen molar-refractivity contribution in [3.8, 4) is 0 Å². The molecule has 0 bridgehead atoms. The Morgan fingerprint density at radius 1 is 1.06 bits per heavy atom. The van der Waals surface area contributed by atoms with Gasteiger partial charge in [0.05, 0.1) is 5.56 Å². The summed E-state index contributed by atoms with van der Waals surface area (Å²) in [5.74, 6) is -1.76. The quantitative estimate of drug-likeness (QED) is 0.588. The number of carbonyl (C=O) groups excluding carboxylic acids is 1. The van der Waals surface area contributed by atoms with E-state index in [1.54, 1.807) is 20.8 Å². The summed E-state index contributed by atoms with van der Waals surface area (Å²) in [7, 11) is 0. The Morgan fingerprint density at radius 2 is 1.75 bits per heavy atom. The van der Waals surface area contributed by atoms with Gasteiger partial charge in [-0.05, 0) is 30.4 Å². The van der Waals surface area contributed by atoms with Crippen LogP contribution in [-0.4, -0.2) is 60.0 Å². The fraction of sp³-hybridized carbons (Fsp3) is 0.560. The molecule has 2 aliphatic rings. The van der Waals surface area contributed by atoms with Gasteiger partial charge in [0, 0.05) is 50.7 Å². The van der Waals surface area contributed by atoms with E-state index in [1.165, 1.54) is 12.1 Å². The summed E-state index contributed by atoms with van der Waals surface area (Å²) in [6, 6.07) is 4.53. The van der Waals surface area contributed by atoms with E-state index in [1.807, 2.05) is 4.90 Å². The SMILES string of the molecule is CC(C)(C)c1nc(N2CCN(CC3CC3CNC(=O)c3cccc(F)c3F)CC2)cc(C(F)(F)F)n1. The predicted molar refractivity (Wildman–Crippen MR) is 125 cm³/mol. The van der Waals surface area contributed by atoms with Gasteiger partial charge in [-0.2, -0.15) is 13.2 Å². The Hall–Kier alpha value is -2.82. The molecule has 4 rings (SSSR count). The molecular weight excluding hydrogens is 481 g/mol. The Morgan fingerprint density at radius 3 is 2.39 bits per heavy atom. The lowest BCUT2D eigenvalue weighted by Gasteiger charge is -2.36. The minimum absolute atomic E-state index is 0.163. The minimum Gasteiger partial charge on any atom is -0.354 e. The second-order valence-corrected chi connectivity index (χ2v) is 10.5. The summed E-state index contributed by atoms with van der Waals surface area (Å²) in [5, 5.41) is 2.68. The first kappa shape index (κ1) is 26.2. The standard InChI is InChI=1S/C25H30F5N5O/c1-24(2,3)23-32-19(25(28,29)30)12-20(33-23)35-9-7-34(8-10-35)14-16-11-15(16)13-31-22(36)17-5-4-6-18(26)21(17)27/h4-6,12,15-16H,7-11,13-14H2,1-3H3,(H,31,36). The zero-order valence-corrected chi connectivity index (χ0v) is 20.5. The summed E-state index contributed by atoms with van der Waals surface area (Å²) >= 11 is 0. The van der Waals surface area contributed by atoms with Gasteiger partial charge in [0.2, 0.25) is 0 Å². The molecule has 1 amide bonds. The summed E-state index contributed by atoms with van der Waals surface area (Å²) < 4.78 is 67.4. The van der Waals surface area contributed by atoms with E-state index < -0.39 is 34.8 Å². The van der Waals surface area contributed by atoms with Crippen molar-refractivity contribution in [2.75, 3.05) is 44.2 Å². The topological polar surface area (TPSA) is 61.4 Å². The molecule has 2 fully saturated rings. The van der Waals surface area contributed by atoms with Gasteiger partial charge >= 0.3 is 6.18 Å². The molecule has 196 valence electrons. The number of rotatable bonds is 6. The average Bonchev–Trinajstić information content (AvgIpc) is 3.56. The maximum atomic E-state index is 13.8. The van der Waals surface area contributed by atoms with Gasteiger partial charge in [0.1, 0.15) is 17.3 Å². The minimum atomic E-state index is -4.55. The molecular formula is C25H30F5N5O. The maximum absolute atomic E-state index is 13.8. The van der Waals surface area contributed by atoms with Crippen LogP contribution in [0.25, 0.3) is 0 Å². The first-order valence-electron chi connectivity index (χ1n) is 12.0. The number of nitrogens with zero attached hydrogens (tertiary/aromatic N) is 4. The van der Waals surface area contributed by atoms with Crippen molar-refractivity contribution >= 4 is 11.7 Å². The third kappa shape index (κ3) is 6.11. The monoisotopic (exact) mass is 511 g/mol. The van der Waals surface area contributed by atoms with Crippen LogP contribution in [0.3, 0.4) is 0 Å². The predicted octanol–water partition coefficient (Wildman–Crippen LogP) is 4.26. The molecule has 6 nitrogen and oxygen atoms in total. The van der Waals surface area contributed by atoms with Crippen LogP contribution in [-0.2, 0) is 11.6 Å². The molecule has 1 aromatic heterocycles. The lowest BCUT2D eigenvalue weighted by Crippen LogP contribution is -2.47. The highest BCUT2D eigenvalue weighted by atomic mass is 19.4. The van der Waals surface area contributed by atoms with E-state index in [2.05, 4.69) is 20.2 Å². The van der Waals surface area contributed by atoms with Gasteiger partial charge in [0.15, 0.2) is 11.6 Å². The summed E-state index contributed by atoms with van der Waals surface area (Å²) in [4.78, 5) is 24.5. The molecule has 2 unspecified atom stereocenters. The van der Waals surface area contributed by atoms with Crippen molar-refractivity contribution in [2.45, 2.75) is 38.8 Å². The van der Waals surface area contributed by atoms with E-state index in [9.17, 15) is 26.7 Å². The molecule has 2 heterocycles. The number of nitrogens with one attached hydrogen (secondary N) is 1. The number of carbonyl (C=O) groups is 1. The Balaban J connectivity index is 1.28. The van der Waals surface area contributed by atoms with Crippen LogP contribution < -0.4 is 10.2 Å². The number of hydrogen-bond donors (Lipinski definition) is 1. The number of piperazine rings is 1. The van der Waals surface area contributed by atoms with E-state index in [0.29, 0.717) is 44.5 Å². The van der Waals surface area contributed by atoms with Gasteiger partial charge in [-0.15, -0.1) is 0 Å². The van der Waals surface area contributed by atoms with E-state index >= 15 is 0 Å². The van der Waals surface area contributed by atoms with Crippen LogP contribution in [0.15, 0.2) is 24.3 Å². The van der Waals surface area contributed by atoms with Crippen LogP contribution in [0.4, 0.5) is 27.8 Å². The Labute approximate surface area is 206 Å². The molecule has 1 saturated heterocycles. The molecule has 1 aliphatic carbocycles. The molecule has 36 heavy (non-hydrogen) atoms. The number of amides is 1. The molecule has 2 atom stereocenters. The van der Waals surface area contributed by atoms with Gasteiger partial charge in [-0.1, -0.05) is 26.8 Å². The maximum Gasteiger partial charge on any atom is 0.433 e. The number of alkyl halides is 3. The van der Waals surface area contributed by atoms with Crippen LogP contribution in [0.5, 0.6) is 0 Å². The van der Waals surface area contributed by atoms with E-state index in [-0.39, 0.29) is 17.3 Å². The zero-order valence-electron chi connectivity index (χ0n) is 20.5. The number of aromatic nitrogens is 2. The fourth-order valence-corrected chi connectivity index (χ4v) is 4.35. The van der Waals surface area contributed by atoms with E-state index in [0.717, 1.165) is 25.1 Å². The molecule has 0 radical (unpaired) electrons. The second kappa shape index (κ2) is 9.91. The first-order valence-corrected chi connectivity index (χ1v) is 12.0. The Bertz CT molecular complexity index is 1080. The lowest BCUT2D eigenvalue weighted by atomic mass is 9.95. The molecule has 2 aromatic rings. The average molecular weight is 512 g/mol. The van der Waals surface area contributed by atoms with Gasteiger partial charge in [0.25, 0.3) is 5.91 Å². The van der Waals surface area contributed by atoms with Crippen molar-refractivity contribution in [1.82, 2.24) is 20.2 Å². The second-order valence-electron chi connectivity index (χ2n) is 10.5. The summed E-state index contributed by atoms with van der Waals surface area (Å²) in [6.07, 6.45) is -3.63. The number of hydrogen-bond acceptors (Lipinski definition) is 5. The van der Waals surface area contributed by atoms with E-state index in [4.69, 9.17) is 0 Å². The Kier molecular flexibility index (Phi) is 7.23. The van der Waals surface area contributed by atoms with Gasteiger partial charge < -0.3 is 10.2 Å². The van der Waals surface area contributed by atoms with Crippen LogP contribution in [0.1, 0.15) is 49.1 Å². The molecule has 1 aliphatic heterocycles. The van der Waals surface area contributed by atoms with Crippen LogP contribution in [0.2, 0.25) is 0 Å². The van der Waals surface area contributed by atoms with Gasteiger partial charge in [-0.3, -0.25) is 9.69 Å². The van der Waals surface area contributed by atoms with Crippen molar-refractivity contribution in [1.29, 1.82) is 0 Å². The number of halogens is 5. The van der Waals surface area contributed by atoms with Crippen molar-refractivity contribution < 1.29 is 26.7 Å². The highest BCUT2D eigenvalue weighted by Gasteiger charge is 2.39. The smallest absolute Gasteiger partial charge is 0.354 e. The number of anilines is 1. The molecule has 1 aromatic carbocycles. The molecule has 1 saturated carbocycles. The first-order chi connectivity index (χ1) is 16.8. The summed E-state index contributed by atoms with van der Waals surface area (Å²) in [5.41, 5.74) is -1.86. The van der Waals surface area contributed by atoms with Crippen LogP contribution in [0, 0.1) is 23.5 Å². The van der Waals surface area contributed by atoms with Crippen molar-refractivity contribution in [3.05, 3.63) is 53.0 Å².